The van der Waals surface area contributed by atoms with E-state index in [0.717, 1.165) is 41.1 Å². The zero-order valence-corrected chi connectivity index (χ0v) is 22.3. The molecule has 8 bridgehead atoms. The minimum atomic E-state index is 0. The topological polar surface area (TPSA) is 106 Å². The maximum atomic E-state index is 4.90. The van der Waals surface area contributed by atoms with Gasteiger partial charge in [0.1, 0.15) is 11.6 Å². The molecular formula is C24H8CuN8S4. The van der Waals surface area contributed by atoms with Gasteiger partial charge in [-0.2, -0.15) is 0 Å². The first-order valence-corrected chi connectivity index (χ1v) is 14.3. The van der Waals surface area contributed by atoms with E-state index in [2.05, 4.69) is 0 Å². The molecule has 9 heterocycles. The van der Waals surface area contributed by atoms with Crippen LogP contribution in [-0.2, 0) is 17.1 Å². The van der Waals surface area contributed by atoms with Gasteiger partial charge in [0.2, 0.25) is 0 Å². The van der Waals surface area contributed by atoms with Crippen molar-refractivity contribution in [2.75, 3.05) is 0 Å². The predicted molar refractivity (Wildman–Crippen MR) is 145 cm³/mol. The Morgan fingerprint density at radius 2 is 0.892 bits per heavy atom. The molecule has 2 aliphatic rings. The van der Waals surface area contributed by atoms with Crippen LogP contribution in [0, 0.1) is 0 Å². The van der Waals surface area contributed by atoms with Gasteiger partial charge in [0.25, 0.3) is 0 Å². The first-order valence-electron chi connectivity index (χ1n) is 10.8. The Hall–Kier alpha value is -3.32. The van der Waals surface area contributed by atoms with Crippen LogP contribution < -0.4 is 9.97 Å². The molecule has 9 rings (SSSR count). The molecule has 0 unspecified atom stereocenters. The molecule has 0 aliphatic carbocycles. The average molecular weight is 600 g/mol. The molecule has 8 nitrogen and oxygen atoms in total. The third kappa shape index (κ3) is 3.03. The summed E-state index contributed by atoms with van der Waals surface area (Å²) in [6.45, 7) is 0. The van der Waals surface area contributed by atoms with E-state index in [1.165, 1.54) is 0 Å². The summed E-state index contributed by atoms with van der Waals surface area (Å²) in [6.07, 6.45) is 0. The molecule has 0 saturated heterocycles. The molecule has 0 spiro atoms. The van der Waals surface area contributed by atoms with Gasteiger partial charge in [-0.15, -0.1) is 45.3 Å². The van der Waals surface area contributed by atoms with Crippen LogP contribution >= 0.6 is 45.3 Å². The largest absolute Gasteiger partial charge is 2.00 e. The molecule has 2 aliphatic heterocycles. The van der Waals surface area contributed by atoms with Crippen molar-refractivity contribution >= 4 is 88.1 Å². The van der Waals surface area contributed by atoms with Crippen LogP contribution in [0.25, 0.3) is 86.9 Å². The maximum absolute atomic E-state index is 4.90. The molecule has 0 aromatic carbocycles. The van der Waals surface area contributed by atoms with Crippen LogP contribution in [0.5, 0.6) is 0 Å². The molecule has 1 radical (unpaired) electrons. The molecule has 37 heavy (non-hydrogen) atoms. The molecule has 7 aromatic rings. The number of hydrogen-bond donors (Lipinski definition) is 0. The van der Waals surface area contributed by atoms with Gasteiger partial charge in [0.05, 0.1) is 21.4 Å². The second kappa shape index (κ2) is 7.84. The molecule has 13 heteroatoms. The third-order valence-corrected chi connectivity index (χ3v) is 9.77. The van der Waals surface area contributed by atoms with E-state index in [9.17, 15) is 0 Å². The SMILES string of the molecule is [Cu+2].c1cc2c(s1)-c1nc-2nc2[n-]c(nc3nc(nc4[n-]c(n1)c1ccsc41)-c1sccc1-3)c1ccsc21. The number of thiophene rings is 4. The first-order chi connectivity index (χ1) is 17.8. The summed E-state index contributed by atoms with van der Waals surface area (Å²) < 4.78 is 1.95. The molecule has 0 fully saturated rings. The fourth-order valence-corrected chi connectivity index (χ4v) is 7.82. The number of fused-ring (bicyclic) bond motifs is 20. The van der Waals surface area contributed by atoms with Crippen molar-refractivity contribution in [1.82, 2.24) is 39.9 Å². The summed E-state index contributed by atoms with van der Waals surface area (Å²) in [5, 5.41) is 10.0. The van der Waals surface area contributed by atoms with Crippen LogP contribution in [0.2, 0.25) is 0 Å². The number of hydrogen-bond acceptors (Lipinski definition) is 10. The summed E-state index contributed by atoms with van der Waals surface area (Å²) in [6, 6.07) is 8.11. The van der Waals surface area contributed by atoms with Crippen molar-refractivity contribution in [3.05, 3.63) is 45.8 Å². The van der Waals surface area contributed by atoms with E-state index < -0.39 is 0 Å². The van der Waals surface area contributed by atoms with Crippen molar-refractivity contribution in [3.63, 3.8) is 0 Å². The van der Waals surface area contributed by atoms with Gasteiger partial charge in [0, 0.05) is 53.9 Å². The molecule has 0 atom stereocenters. The zero-order chi connectivity index (χ0) is 23.4. The summed E-state index contributed by atoms with van der Waals surface area (Å²) in [4.78, 5) is 40.8. The Kier molecular flexibility index (Phi) is 4.61. The van der Waals surface area contributed by atoms with E-state index in [1.54, 1.807) is 45.3 Å². The molecule has 0 saturated carbocycles. The predicted octanol–water partition coefficient (Wildman–Crippen LogP) is 6.37. The Balaban J connectivity index is 0.00000215. The summed E-state index contributed by atoms with van der Waals surface area (Å²) in [7, 11) is 0. The molecule has 7 aromatic heterocycles. The van der Waals surface area contributed by atoms with Crippen LogP contribution in [0.15, 0.2) is 45.8 Å². The van der Waals surface area contributed by atoms with Gasteiger partial charge in [-0.1, -0.05) is 0 Å². The van der Waals surface area contributed by atoms with Crippen LogP contribution in [0.3, 0.4) is 0 Å². The van der Waals surface area contributed by atoms with Crippen molar-refractivity contribution < 1.29 is 17.1 Å². The molecule has 179 valence electrons. The van der Waals surface area contributed by atoms with E-state index in [-0.39, 0.29) is 17.1 Å². The quantitative estimate of drug-likeness (QED) is 0.185. The summed E-state index contributed by atoms with van der Waals surface area (Å²) in [5.41, 5.74) is 4.32. The van der Waals surface area contributed by atoms with E-state index in [0.29, 0.717) is 45.9 Å². The fraction of sp³-hybridized carbons (Fsp3) is 0. The van der Waals surface area contributed by atoms with Crippen LogP contribution in [0.4, 0.5) is 0 Å². The third-order valence-electron chi connectivity index (χ3n) is 6.13. The Morgan fingerprint density at radius 1 is 0.459 bits per heavy atom. The van der Waals surface area contributed by atoms with Gasteiger partial charge in [0.15, 0.2) is 0 Å². The van der Waals surface area contributed by atoms with Crippen molar-refractivity contribution in [2.45, 2.75) is 0 Å². The van der Waals surface area contributed by atoms with E-state index >= 15 is 0 Å². The number of aromatic nitrogens is 8. The summed E-state index contributed by atoms with van der Waals surface area (Å²) in [5.74, 6) is 2.42. The van der Waals surface area contributed by atoms with Crippen molar-refractivity contribution in [2.24, 2.45) is 0 Å². The number of rotatable bonds is 0. The number of nitrogens with zero attached hydrogens (tertiary/aromatic N) is 8. The average Bonchev–Trinajstić information content (AvgIpc) is 3.67. The van der Waals surface area contributed by atoms with Gasteiger partial charge < -0.3 is 29.9 Å². The normalized spacial score (nSPS) is 12.1. The monoisotopic (exact) mass is 599 g/mol. The smallest absolute Gasteiger partial charge is 0.356 e. The van der Waals surface area contributed by atoms with Gasteiger partial charge in [-0.05, 0) is 45.8 Å². The standard InChI is InChI=1S/C24H8N8S4.Cu/c1-5-33-13-9(1)17-25-18-10-2-6-35-15(10)23(27-18)32-24-16-12(4-8-36-16)20(31-24)30-22-14-11(3-7-34-14)19(29-22)28-21(13)26-17;/h1-8H;/q-2;+2. The molecule has 0 amide bonds. The van der Waals surface area contributed by atoms with Gasteiger partial charge >= 0.3 is 17.1 Å². The van der Waals surface area contributed by atoms with E-state index in [4.69, 9.17) is 39.9 Å². The Bertz CT molecular complexity index is 1900. The minimum absolute atomic E-state index is 0. The minimum Gasteiger partial charge on any atom is -0.356 e. The van der Waals surface area contributed by atoms with Crippen molar-refractivity contribution in [1.29, 1.82) is 0 Å². The summed E-state index contributed by atoms with van der Waals surface area (Å²) >= 11 is 6.38. The van der Waals surface area contributed by atoms with Crippen LogP contribution in [0.1, 0.15) is 0 Å². The maximum Gasteiger partial charge on any atom is 2.00 e. The Labute approximate surface area is 233 Å². The van der Waals surface area contributed by atoms with Crippen LogP contribution in [-0.4, -0.2) is 29.9 Å². The van der Waals surface area contributed by atoms with Gasteiger partial charge in [-0.25, -0.2) is 9.97 Å². The molecular weight excluding hydrogens is 592 g/mol. The van der Waals surface area contributed by atoms with E-state index in [1.807, 2.05) is 45.8 Å². The second-order valence-electron chi connectivity index (χ2n) is 8.14. The van der Waals surface area contributed by atoms with Crippen molar-refractivity contribution in [3.8, 4) is 44.2 Å². The zero-order valence-electron chi connectivity index (χ0n) is 18.1. The Morgan fingerprint density at radius 3 is 1.43 bits per heavy atom. The molecule has 0 N–H and O–H groups in total. The van der Waals surface area contributed by atoms with Gasteiger partial charge in [-0.3, -0.25) is 0 Å². The first kappa shape index (κ1) is 21.7. The fourth-order valence-electron chi connectivity index (χ4n) is 4.52. The second-order valence-corrected chi connectivity index (χ2v) is 11.8.